The van der Waals surface area contributed by atoms with Gasteiger partial charge in [0.05, 0.1) is 34.4 Å². The second-order valence-corrected chi connectivity index (χ2v) is 6.85. The summed E-state index contributed by atoms with van der Waals surface area (Å²) in [5, 5.41) is 2.77. The average Bonchev–Trinajstić information content (AvgIpc) is 2.73. The highest BCUT2D eigenvalue weighted by Crippen LogP contribution is 2.31. The van der Waals surface area contributed by atoms with Gasteiger partial charge in [-0.15, -0.1) is 0 Å². The fourth-order valence-electron chi connectivity index (χ4n) is 2.98. The Labute approximate surface area is 177 Å². The molecule has 0 aliphatic carbocycles. The number of methoxy groups -OCH3 is 3. The van der Waals surface area contributed by atoms with Crippen molar-refractivity contribution in [2.45, 2.75) is 6.54 Å². The van der Waals surface area contributed by atoms with Crippen LogP contribution in [0.1, 0.15) is 5.56 Å². The molecule has 0 bridgehead atoms. The lowest BCUT2D eigenvalue weighted by molar-refractivity contribution is -0.134. The molecule has 0 heterocycles. The Morgan fingerprint density at radius 2 is 1.67 bits per heavy atom. The first-order chi connectivity index (χ1) is 14.4. The van der Waals surface area contributed by atoms with Crippen molar-refractivity contribution in [2.75, 3.05) is 53.8 Å². The molecule has 0 unspecified atom stereocenters. The standard InChI is InChI=1S/C22H29N3O5/c1-24(13-16-8-6-11-19(29-4)22(16)30-5)15-21(27)25(2)14-20(26)23-17-9-7-10-18(12-17)28-3/h6-12H,13-15H2,1-5H3,(H,23,26). The number of hydrogen-bond donors (Lipinski definition) is 1. The molecule has 2 rings (SSSR count). The monoisotopic (exact) mass is 415 g/mol. The summed E-state index contributed by atoms with van der Waals surface area (Å²) in [6.45, 7) is 0.603. The van der Waals surface area contributed by atoms with Gasteiger partial charge in [-0.05, 0) is 25.2 Å². The van der Waals surface area contributed by atoms with Crippen molar-refractivity contribution in [3.63, 3.8) is 0 Å². The van der Waals surface area contributed by atoms with Crippen LogP contribution in [0.5, 0.6) is 17.2 Å². The van der Waals surface area contributed by atoms with Crippen molar-refractivity contribution in [1.82, 2.24) is 9.80 Å². The van der Waals surface area contributed by atoms with E-state index in [9.17, 15) is 9.59 Å². The summed E-state index contributed by atoms with van der Waals surface area (Å²) < 4.78 is 15.9. The van der Waals surface area contributed by atoms with Crippen LogP contribution in [0.3, 0.4) is 0 Å². The summed E-state index contributed by atoms with van der Waals surface area (Å²) in [5.41, 5.74) is 1.52. The van der Waals surface area contributed by atoms with E-state index in [1.54, 1.807) is 52.6 Å². The van der Waals surface area contributed by atoms with Crippen LogP contribution in [0, 0.1) is 0 Å². The zero-order valence-corrected chi connectivity index (χ0v) is 18.1. The van der Waals surface area contributed by atoms with Crippen molar-refractivity contribution >= 4 is 17.5 Å². The summed E-state index contributed by atoms with van der Waals surface area (Å²) in [4.78, 5) is 28.1. The molecule has 0 saturated carbocycles. The van der Waals surface area contributed by atoms with Gasteiger partial charge in [0.2, 0.25) is 11.8 Å². The molecule has 0 aromatic heterocycles. The molecule has 162 valence electrons. The number of carbonyl (C=O) groups is 2. The lowest BCUT2D eigenvalue weighted by atomic mass is 10.1. The number of likely N-dealkylation sites (N-methyl/N-ethyl adjacent to an activating group) is 2. The first kappa shape index (κ1) is 23.0. The van der Waals surface area contributed by atoms with Crippen LogP contribution in [-0.2, 0) is 16.1 Å². The van der Waals surface area contributed by atoms with Gasteiger partial charge in [-0.25, -0.2) is 0 Å². The Bertz CT molecular complexity index is 872. The summed E-state index contributed by atoms with van der Waals surface area (Å²) in [5.74, 6) is 1.48. The average molecular weight is 415 g/mol. The van der Waals surface area contributed by atoms with Crippen molar-refractivity contribution in [3.8, 4) is 17.2 Å². The minimum absolute atomic E-state index is 0.0492. The lowest BCUT2D eigenvalue weighted by Gasteiger charge is -2.22. The van der Waals surface area contributed by atoms with E-state index in [-0.39, 0.29) is 24.9 Å². The highest BCUT2D eigenvalue weighted by molar-refractivity contribution is 5.94. The largest absolute Gasteiger partial charge is 0.497 e. The molecule has 30 heavy (non-hydrogen) atoms. The number of para-hydroxylation sites is 1. The Morgan fingerprint density at radius 1 is 0.933 bits per heavy atom. The molecule has 2 amide bonds. The summed E-state index contributed by atoms with van der Waals surface area (Å²) in [6.07, 6.45) is 0. The van der Waals surface area contributed by atoms with Gasteiger partial charge in [0.25, 0.3) is 0 Å². The van der Waals surface area contributed by atoms with Crippen LogP contribution < -0.4 is 19.5 Å². The predicted molar refractivity (Wildman–Crippen MR) is 115 cm³/mol. The van der Waals surface area contributed by atoms with Crippen LogP contribution in [0.25, 0.3) is 0 Å². The van der Waals surface area contributed by atoms with Crippen LogP contribution in [0.2, 0.25) is 0 Å². The fourth-order valence-corrected chi connectivity index (χ4v) is 2.98. The minimum atomic E-state index is -0.281. The molecule has 0 fully saturated rings. The smallest absolute Gasteiger partial charge is 0.243 e. The Morgan fingerprint density at radius 3 is 2.33 bits per heavy atom. The third-order valence-corrected chi connectivity index (χ3v) is 4.49. The van der Waals surface area contributed by atoms with Crippen molar-refractivity contribution in [3.05, 3.63) is 48.0 Å². The number of ether oxygens (including phenoxy) is 3. The maximum atomic E-state index is 12.5. The highest BCUT2D eigenvalue weighted by Gasteiger charge is 2.17. The van der Waals surface area contributed by atoms with Crippen LogP contribution in [-0.4, -0.2) is 70.1 Å². The molecule has 1 N–H and O–H groups in total. The third-order valence-electron chi connectivity index (χ3n) is 4.49. The highest BCUT2D eigenvalue weighted by atomic mass is 16.5. The van der Waals surface area contributed by atoms with E-state index in [0.29, 0.717) is 29.5 Å². The molecule has 0 aliphatic rings. The number of anilines is 1. The first-order valence-electron chi connectivity index (χ1n) is 9.44. The molecule has 0 saturated heterocycles. The van der Waals surface area contributed by atoms with Gasteiger partial charge in [-0.3, -0.25) is 14.5 Å². The van der Waals surface area contributed by atoms with Gasteiger partial charge in [0, 0.05) is 30.9 Å². The Hall–Kier alpha value is -3.26. The number of benzene rings is 2. The number of nitrogens with one attached hydrogen (secondary N) is 1. The van der Waals surface area contributed by atoms with Crippen LogP contribution >= 0.6 is 0 Å². The van der Waals surface area contributed by atoms with Crippen LogP contribution in [0.15, 0.2) is 42.5 Å². The van der Waals surface area contributed by atoms with Gasteiger partial charge in [-0.1, -0.05) is 18.2 Å². The molecule has 0 aliphatic heterocycles. The predicted octanol–water partition coefficient (Wildman–Crippen LogP) is 2.24. The van der Waals surface area contributed by atoms with Gasteiger partial charge in [0.15, 0.2) is 11.5 Å². The normalized spacial score (nSPS) is 10.5. The molecule has 2 aromatic rings. The summed E-state index contributed by atoms with van der Waals surface area (Å²) >= 11 is 0. The van der Waals surface area contributed by atoms with E-state index >= 15 is 0 Å². The van der Waals surface area contributed by atoms with E-state index in [2.05, 4.69) is 5.32 Å². The maximum absolute atomic E-state index is 12.5. The van der Waals surface area contributed by atoms with Gasteiger partial charge in [0.1, 0.15) is 5.75 Å². The Balaban J connectivity index is 1.89. The Kier molecular flexibility index (Phi) is 8.49. The van der Waals surface area contributed by atoms with Gasteiger partial charge >= 0.3 is 0 Å². The molecule has 2 aromatic carbocycles. The second-order valence-electron chi connectivity index (χ2n) is 6.85. The van der Waals surface area contributed by atoms with Gasteiger partial charge in [-0.2, -0.15) is 0 Å². The molecular weight excluding hydrogens is 386 g/mol. The summed E-state index contributed by atoms with van der Waals surface area (Å²) in [7, 11) is 8.17. The fraction of sp³-hybridized carbons (Fsp3) is 0.364. The van der Waals surface area contributed by atoms with Crippen molar-refractivity contribution in [2.24, 2.45) is 0 Å². The summed E-state index contributed by atoms with van der Waals surface area (Å²) in [6, 6.07) is 12.7. The molecule has 0 radical (unpaired) electrons. The number of rotatable bonds is 10. The van der Waals surface area contributed by atoms with Gasteiger partial charge < -0.3 is 24.4 Å². The van der Waals surface area contributed by atoms with E-state index < -0.39 is 0 Å². The SMILES string of the molecule is COc1cccc(NC(=O)CN(C)C(=O)CN(C)Cc2cccc(OC)c2OC)c1. The molecule has 0 atom stereocenters. The minimum Gasteiger partial charge on any atom is -0.497 e. The maximum Gasteiger partial charge on any atom is 0.243 e. The molecular formula is C22H29N3O5. The zero-order valence-electron chi connectivity index (χ0n) is 18.1. The van der Waals surface area contributed by atoms with Crippen molar-refractivity contribution in [1.29, 1.82) is 0 Å². The molecule has 8 nitrogen and oxygen atoms in total. The quantitative estimate of drug-likeness (QED) is 0.641. The van der Waals surface area contributed by atoms with Crippen molar-refractivity contribution < 1.29 is 23.8 Å². The van der Waals surface area contributed by atoms with E-state index in [4.69, 9.17) is 14.2 Å². The number of amides is 2. The zero-order chi connectivity index (χ0) is 22.1. The van der Waals surface area contributed by atoms with E-state index in [1.807, 2.05) is 30.1 Å². The lowest BCUT2D eigenvalue weighted by Crippen LogP contribution is -2.40. The first-order valence-corrected chi connectivity index (χ1v) is 9.44. The molecule has 8 heteroatoms. The van der Waals surface area contributed by atoms with Crippen LogP contribution in [0.4, 0.5) is 5.69 Å². The number of hydrogen-bond acceptors (Lipinski definition) is 6. The third kappa shape index (κ3) is 6.38. The van der Waals surface area contributed by atoms with E-state index in [1.165, 1.54) is 4.90 Å². The topological polar surface area (TPSA) is 80.3 Å². The number of carbonyl (C=O) groups excluding carboxylic acids is 2. The van der Waals surface area contributed by atoms with E-state index in [0.717, 1.165) is 5.56 Å². The molecule has 0 spiro atoms. The number of nitrogens with zero attached hydrogens (tertiary/aromatic N) is 2. The second kappa shape index (κ2) is 11.1.